The summed E-state index contributed by atoms with van der Waals surface area (Å²) in [5.74, 6) is -0.0724. The first-order valence-corrected chi connectivity index (χ1v) is 8.13. The molecule has 0 unspecified atom stereocenters. The highest BCUT2D eigenvalue weighted by Crippen LogP contribution is 2.28. The van der Waals surface area contributed by atoms with Crippen LogP contribution in [0.2, 0.25) is 0 Å². The number of nitrogens with one attached hydrogen (secondary N) is 1. The Hall–Kier alpha value is -1.64. The summed E-state index contributed by atoms with van der Waals surface area (Å²) in [6.45, 7) is 5.44. The SMILES string of the molecule is C=CCN(CC(=O)NC1(C#N)CCCC1)Cc1cccs1. The van der Waals surface area contributed by atoms with Gasteiger partial charge in [0.25, 0.3) is 0 Å². The van der Waals surface area contributed by atoms with Crippen molar-refractivity contribution in [3.63, 3.8) is 0 Å². The minimum Gasteiger partial charge on any atom is -0.337 e. The molecule has 5 heteroatoms. The molecule has 1 saturated carbocycles. The van der Waals surface area contributed by atoms with Gasteiger partial charge in [-0.1, -0.05) is 12.1 Å². The zero-order valence-electron chi connectivity index (χ0n) is 12.2. The summed E-state index contributed by atoms with van der Waals surface area (Å²) in [5.41, 5.74) is -0.639. The van der Waals surface area contributed by atoms with Crippen molar-refractivity contribution in [2.24, 2.45) is 0 Å². The lowest BCUT2D eigenvalue weighted by Gasteiger charge is -2.25. The van der Waals surface area contributed by atoms with Crippen LogP contribution in [0, 0.1) is 11.3 Å². The van der Waals surface area contributed by atoms with E-state index in [1.54, 1.807) is 17.4 Å². The van der Waals surface area contributed by atoms with Gasteiger partial charge >= 0.3 is 0 Å². The maximum Gasteiger partial charge on any atom is 0.235 e. The van der Waals surface area contributed by atoms with Crippen LogP contribution >= 0.6 is 11.3 Å². The molecule has 0 aromatic carbocycles. The van der Waals surface area contributed by atoms with Crippen molar-refractivity contribution in [2.75, 3.05) is 13.1 Å². The third-order valence-electron chi connectivity index (χ3n) is 3.76. The highest BCUT2D eigenvalue weighted by Gasteiger charge is 2.35. The van der Waals surface area contributed by atoms with Crippen LogP contribution in [-0.2, 0) is 11.3 Å². The maximum atomic E-state index is 12.2. The van der Waals surface area contributed by atoms with E-state index in [1.165, 1.54) is 4.88 Å². The van der Waals surface area contributed by atoms with Crippen LogP contribution in [0.3, 0.4) is 0 Å². The number of hydrogen-bond acceptors (Lipinski definition) is 4. The highest BCUT2D eigenvalue weighted by molar-refractivity contribution is 7.09. The minimum atomic E-state index is -0.639. The maximum absolute atomic E-state index is 12.2. The van der Waals surface area contributed by atoms with Crippen LogP contribution < -0.4 is 5.32 Å². The van der Waals surface area contributed by atoms with E-state index in [0.717, 1.165) is 32.2 Å². The van der Waals surface area contributed by atoms with E-state index in [1.807, 2.05) is 16.3 Å². The number of amides is 1. The zero-order valence-corrected chi connectivity index (χ0v) is 13.0. The first kappa shape index (κ1) is 15.7. The van der Waals surface area contributed by atoms with Gasteiger partial charge in [0.1, 0.15) is 5.54 Å². The molecule has 21 heavy (non-hydrogen) atoms. The van der Waals surface area contributed by atoms with Crippen LogP contribution in [0.4, 0.5) is 0 Å². The van der Waals surface area contributed by atoms with Crippen molar-refractivity contribution in [3.8, 4) is 6.07 Å². The second-order valence-electron chi connectivity index (χ2n) is 5.49. The molecule has 4 nitrogen and oxygen atoms in total. The fourth-order valence-electron chi connectivity index (χ4n) is 2.74. The first-order valence-electron chi connectivity index (χ1n) is 7.25. The molecule has 0 spiro atoms. The summed E-state index contributed by atoms with van der Waals surface area (Å²) in [6.07, 6.45) is 5.36. The molecule has 0 atom stereocenters. The van der Waals surface area contributed by atoms with Gasteiger partial charge in [-0.05, 0) is 37.1 Å². The quantitative estimate of drug-likeness (QED) is 0.788. The third kappa shape index (κ3) is 4.42. The van der Waals surface area contributed by atoms with Gasteiger partial charge in [-0.25, -0.2) is 0 Å². The van der Waals surface area contributed by atoms with Crippen molar-refractivity contribution >= 4 is 17.2 Å². The molecule has 2 rings (SSSR count). The summed E-state index contributed by atoms with van der Waals surface area (Å²) >= 11 is 1.68. The minimum absolute atomic E-state index is 0.0724. The van der Waals surface area contributed by atoms with E-state index in [2.05, 4.69) is 24.0 Å². The molecule has 1 fully saturated rings. The van der Waals surface area contributed by atoms with Crippen LogP contribution in [0.5, 0.6) is 0 Å². The second-order valence-corrected chi connectivity index (χ2v) is 6.52. The fraction of sp³-hybridized carbons (Fsp3) is 0.500. The number of thiophene rings is 1. The molecule has 1 aromatic rings. The summed E-state index contributed by atoms with van der Waals surface area (Å²) in [6, 6.07) is 6.36. The van der Waals surface area contributed by atoms with Crippen molar-refractivity contribution < 1.29 is 4.79 Å². The Morgan fingerprint density at radius 1 is 1.57 bits per heavy atom. The van der Waals surface area contributed by atoms with Gasteiger partial charge in [0.05, 0.1) is 12.6 Å². The molecule has 1 amide bonds. The monoisotopic (exact) mass is 303 g/mol. The molecule has 1 N–H and O–H groups in total. The summed E-state index contributed by atoms with van der Waals surface area (Å²) in [4.78, 5) is 15.5. The van der Waals surface area contributed by atoms with Crippen molar-refractivity contribution in [1.29, 1.82) is 5.26 Å². The Morgan fingerprint density at radius 3 is 2.90 bits per heavy atom. The van der Waals surface area contributed by atoms with Gasteiger partial charge in [0.15, 0.2) is 0 Å². The van der Waals surface area contributed by atoms with Gasteiger partial charge in [0, 0.05) is 18.0 Å². The predicted octanol–water partition coefficient (Wildman–Crippen LogP) is 2.69. The molecule has 0 saturated heterocycles. The number of rotatable bonds is 7. The Bertz CT molecular complexity index is 512. The van der Waals surface area contributed by atoms with E-state index in [0.29, 0.717) is 13.1 Å². The van der Waals surface area contributed by atoms with Crippen molar-refractivity contribution in [2.45, 2.75) is 37.8 Å². The van der Waals surface area contributed by atoms with E-state index in [9.17, 15) is 10.1 Å². The molecule has 1 aliphatic carbocycles. The average Bonchev–Trinajstić information content (AvgIpc) is 3.11. The summed E-state index contributed by atoms with van der Waals surface area (Å²) in [5, 5.41) is 14.3. The smallest absolute Gasteiger partial charge is 0.235 e. The third-order valence-corrected chi connectivity index (χ3v) is 4.63. The van der Waals surface area contributed by atoms with E-state index >= 15 is 0 Å². The van der Waals surface area contributed by atoms with Crippen LogP contribution in [0.1, 0.15) is 30.6 Å². The number of nitrogens with zero attached hydrogens (tertiary/aromatic N) is 2. The van der Waals surface area contributed by atoms with Crippen LogP contribution in [-0.4, -0.2) is 29.4 Å². The van der Waals surface area contributed by atoms with Crippen LogP contribution in [0.15, 0.2) is 30.2 Å². The molecule has 0 bridgehead atoms. The number of nitriles is 1. The van der Waals surface area contributed by atoms with Crippen LogP contribution in [0.25, 0.3) is 0 Å². The molecule has 1 heterocycles. The molecular formula is C16H21N3OS. The zero-order chi connectivity index (χ0) is 15.1. The standard InChI is InChI=1S/C16H21N3OS/c1-2-9-19(11-14-6-5-10-21-14)12-15(20)18-16(13-17)7-3-4-8-16/h2,5-6,10H,1,3-4,7-9,11-12H2,(H,18,20). The Balaban J connectivity index is 1.91. The average molecular weight is 303 g/mol. The Labute approximate surface area is 130 Å². The largest absolute Gasteiger partial charge is 0.337 e. The number of carbonyl (C=O) groups excluding carboxylic acids is 1. The number of carbonyl (C=O) groups is 1. The molecule has 0 radical (unpaired) electrons. The molecule has 112 valence electrons. The molecular weight excluding hydrogens is 282 g/mol. The lowest BCUT2D eigenvalue weighted by molar-refractivity contribution is -0.123. The molecule has 0 aliphatic heterocycles. The van der Waals surface area contributed by atoms with Crippen molar-refractivity contribution in [3.05, 3.63) is 35.0 Å². The Kier molecular flexibility index (Phi) is 5.54. The first-order chi connectivity index (χ1) is 10.2. The van der Waals surface area contributed by atoms with Gasteiger partial charge < -0.3 is 5.32 Å². The lowest BCUT2D eigenvalue weighted by atomic mass is 10.00. The van der Waals surface area contributed by atoms with Gasteiger partial charge in [-0.3, -0.25) is 9.69 Å². The Morgan fingerprint density at radius 2 is 2.33 bits per heavy atom. The van der Waals surface area contributed by atoms with Gasteiger partial charge in [0.2, 0.25) is 5.91 Å². The summed E-state index contributed by atoms with van der Waals surface area (Å²) in [7, 11) is 0. The predicted molar refractivity (Wildman–Crippen MR) is 84.7 cm³/mol. The normalized spacial score (nSPS) is 16.6. The molecule has 1 aliphatic rings. The van der Waals surface area contributed by atoms with Gasteiger partial charge in [-0.2, -0.15) is 5.26 Å². The topological polar surface area (TPSA) is 56.1 Å². The lowest BCUT2D eigenvalue weighted by Crippen LogP contribution is -2.48. The van der Waals surface area contributed by atoms with Gasteiger partial charge in [-0.15, -0.1) is 17.9 Å². The van der Waals surface area contributed by atoms with Crippen molar-refractivity contribution in [1.82, 2.24) is 10.2 Å². The highest BCUT2D eigenvalue weighted by atomic mass is 32.1. The summed E-state index contributed by atoms with van der Waals surface area (Å²) < 4.78 is 0. The number of hydrogen-bond donors (Lipinski definition) is 1. The fourth-order valence-corrected chi connectivity index (χ4v) is 3.49. The van der Waals surface area contributed by atoms with E-state index < -0.39 is 5.54 Å². The van der Waals surface area contributed by atoms with E-state index in [4.69, 9.17) is 0 Å². The van der Waals surface area contributed by atoms with E-state index in [-0.39, 0.29) is 5.91 Å². The molecule has 1 aromatic heterocycles. The second kappa shape index (κ2) is 7.39.